The number of unbranched alkanes of at least 4 members (excludes halogenated alkanes) is 2. The van der Waals surface area contributed by atoms with E-state index in [2.05, 4.69) is 32.6 Å². The molecule has 0 aliphatic carbocycles. The number of aromatic amines is 1. The summed E-state index contributed by atoms with van der Waals surface area (Å²) in [6.45, 7) is 8.64. The number of H-pyrrole nitrogens is 1. The summed E-state index contributed by atoms with van der Waals surface area (Å²) < 4.78 is 5.67. The van der Waals surface area contributed by atoms with Crippen molar-refractivity contribution >= 4 is 12.2 Å². The molecular weight excluding hydrogens is 330 g/mol. The van der Waals surface area contributed by atoms with Crippen molar-refractivity contribution in [2.24, 2.45) is 5.10 Å². The Labute approximate surface area is 153 Å². The summed E-state index contributed by atoms with van der Waals surface area (Å²) in [5, 5.41) is 12.0. The number of anilines is 1. The van der Waals surface area contributed by atoms with E-state index in [9.17, 15) is 4.79 Å². The van der Waals surface area contributed by atoms with Crippen molar-refractivity contribution < 1.29 is 4.74 Å². The summed E-state index contributed by atoms with van der Waals surface area (Å²) in [7, 11) is 0. The smallest absolute Gasteiger partial charge is 0.274 e. The fourth-order valence-electron chi connectivity index (χ4n) is 2.24. The molecule has 26 heavy (non-hydrogen) atoms. The van der Waals surface area contributed by atoms with Gasteiger partial charge in [0.05, 0.1) is 12.8 Å². The zero-order valence-electron chi connectivity index (χ0n) is 15.9. The molecule has 2 rings (SSSR count). The summed E-state index contributed by atoms with van der Waals surface area (Å²) >= 11 is 0. The third-order valence-corrected chi connectivity index (χ3v) is 3.69. The van der Waals surface area contributed by atoms with E-state index in [0.717, 1.165) is 24.3 Å². The van der Waals surface area contributed by atoms with Gasteiger partial charge in [0.25, 0.3) is 5.56 Å². The number of hydrogen-bond donors (Lipinski definition) is 2. The first kappa shape index (κ1) is 19.6. The Morgan fingerprint density at radius 1 is 1.19 bits per heavy atom. The van der Waals surface area contributed by atoms with E-state index in [1.54, 1.807) is 6.21 Å². The summed E-state index contributed by atoms with van der Waals surface area (Å²) in [6.07, 6.45) is 5.06. The van der Waals surface area contributed by atoms with Gasteiger partial charge in [0.15, 0.2) is 0 Å². The van der Waals surface area contributed by atoms with Crippen LogP contribution < -0.4 is 15.7 Å². The van der Waals surface area contributed by atoms with Crippen molar-refractivity contribution in [1.82, 2.24) is 15.2 Å². The number of nitrogens with zero attached hydrogens (tertiary/aromatic N) is 3. The molecule has 0 spiro atoms. The molecule has 0 radical (unpaired) electrons. The lowest BCUT2D eigenvalue weighted by Gasteiger charge is -2.15. The van der Waals surface area contributed by atoms with Gasteiger partial charge in [-0.05, 0) is 36.2 Å². The predicted octanol–water partition coefficient (Wildman–Crippen LogP) is 3.48. The first-order valence-electron chi connectivity index (χ1n) is 8.89. The van der Waals surface area contributed by atoms with E-state index in [1.807, 2.05) is 45.0 Å². The molecule has 0 atom stereocenters. The standard InChI is InChI=1S/C19H27N5O2/c1-5-6-7-12-26-15-10-8-14(9-11-15)13-20-23-18-21-17(25)16(22-24-18)19(2,3)4/h8-11,13H,5-7,12H2,1-4H3,(H2,21,23,24,25)/b20-13+. The van der Waals surface area contributed by atoms with Crippen molar-refractivity contribution in [2.75, 3.05) is 12.0 Å². The first-order valence-corrected chi connectivity index (χ1v) is 8.89. The maximum atomic E-state index is 12.0. The Morgan fingerprint density at radius 2 is 1.92 bits per heavy atom. The fourth-order valence-corrected chi connectivity index (χ4v) is 2.24. The Hall–Kier alpha value is -2.70. The minimum Gasteiger partial charge on any atom is -0.494 e. The van der Waals surface area contributed by atoms with Crippen LogP contribution in [-0.2, 0) is 5.41 Å². The van der Waals surface area contributed by atoms with Gasteiger partial charge in [-0.15, -0.1) is 10.2 Å². The molecule has 2 aromatic rings. The zero-order valence-corrected chi connectivity index (χ0v) is 15.9. The number of hydrazone groups is 1. The molecule has 0 amide bonds. The molecule has 1 aromatic heterocycles. The molecule has 7 nitrogen and oxygen atoms in total. The number of nitrogens with one attached hydrogen (secondary N) is 2. The van der Waals surface area contributed by atoms with Gasteiger partial charge in [0.2, 0.25) is 5.95 Å². The van der Waals surface area contributed by atoms with Crippen LogP contribution in [0.4, 0.5) is 5.95 Å². The normalized spacial score (nSPS) is 11.7. The predicted molar refractivity (Wildman–Crippen MR) is 104 cm³/mol. The molecule has 7 heteroatoms. The van der Waals surface area contributed by atoms with Gasteiger partial charge >= 0.3 is 0 Å². The van der Waals surface area contributed by atoms with Crippen LogP contribution in [0.5, 0.6) is 5.75 Å². The monoisotopic (exact) mass is 357 g/mol. The van der Waals surface area contributed by atoms with Crippen molar-refractivity contribution in [1.29, 1.82) is 0 Å². The molecule has 0 unspecified atom stereocenters. The molecule has 0 saturated carbocycles. The van der Waals surface area contributed by atoms with Gasteiger partial charge < -0.3 is 4.74 Å². The van der Waals surface area contributed by atoms with Gasteiger partial charge in [-0.3, -0.25) is 9.78 Å². The molecule has 0 aliphatic rings. The number of rotatable bonds is 8. The average molecular weight is 357 g/mol. The molecular formula is C19H27N5O2. The Balaban J connectivity index is 1.90. The summed E-state index contributed by atoms with van der Waals surface area (Å²) in [4.78, 5) is 14.7. The third-order valence-electron chi connectivity index (χ3n) is 3.69. The minimum absolute atomic E-state index is 0.204. The van der Waals surface area contributed by atoms with Gasteiger partial charge in [-0.25, -0.2) is 5.43 Å². The minimum atomic E-state index is -0.358. The van der Waals surface area contributed by atoms with E-state index in [-0.39, 0.29) is 16.9 Å². The van der Waals surface area contributed by atoms with Crippen LogP contribution in [0.3, 0.4) is 0 Å². The first-order chi connectivity index (χ1) is 12.4. The topological polar surface area (TPSA) is 92.3 Å². The summed E-state index contributed by atoms with van der Waals surface area (Å²) in [5.41, 5.74) is 3.35. The molecule has 0 fully saturated rings. The highest BCUT2D eigenvalue weighted by Gasteiger charge is 2.20. The SMILES string of the molecule is CCCCCOc1ccc(/C=N/Nc2nnc(C(C)(C)C)c(=O)[nH]2)cc1. The molecule has 1 aromatic carbocycles. The maximum absolute atomic E-state index is 12.0. The molecule has 0 aliphatic heterocycles. The highest BCUT2D eigenvalue weighted by Crippen LogP contribution is 2.15. The van der Waals surface area contributed by atoms with Gasteiger partial charge in [0, 0.05) is 5.41 Å². The maximum Gasteiger partial charge on any atom is 0.274 e. The average Bonchev–Trinajstić information content (AvgIpc) is 2.59. The lowest BCUT2D eigenvalue weighted by Crippen LogP contribution is -2.28. The molecule has 140 valence electrons. The molecule has 2 N–H and O–H groups in total. The second-order valence-electron chi connectivity index (χ2n) is 7.10. The number of ether oxygens (including phenoxy) is 1. The fraction of sp³-hybridized carbons (Fsp3) is 0.474. The molecule has 1 heterocycles. The van der Waals surface area contributed by atoms with Crippen LogP contribution in [0.1, 0.15) is 58.2 Å². The van der Waals surface area contributed by atoms with Crippen LogP contribution in [0.2, 0.25) is 0 Å². The number of benzene rings is 1. The van der Waals surface area contributed by atoms with E-state index < -0.39 is 0 Å². The van der Waals surface area contributed by atoms with Crippen molar-refractivity contribution in [3.8, 4) is 5.75 Å². The van der Waals surface area contributed by atoms with E-state index in [4.69, 9.17) is 4.74 Å². The van der Waals surface area contributed by atoms with E-state index in [1.165, 1.54) is 12.8 Å². The Morgan fingerprint density at radius 3 is 2.54 bits per heavy atom. The van der Waals surface area contributed by atoms with E-state index in [0.29, 0.717) is 5.69 Å². The van der Waals surface area contributed by atoms with Crippen LogP contribution in [0.25, 0.3) is 0 Å². The van der Waals surface area contributed by atoms with E-state index >= 15 is 0 Å². The van der Waals surface area contributed by atoms with Crippen LogP contribution >= 0.6 is 0 Å². The highest BCUT2D eigenvalue weighted by molar-refractivity contribution is 5.80. The highest BCUT2D eigenvalue weighted by atomic mass is 16.5. The summed E-state index contributed by atoms with van der Waals surface area (Å²) in [6, 6.07) is 7.65. The van der Waals surface area contributed by atoms with Crippen LogP contribution in [0.15, 0.2) is 34.2 Å². The van der Waals surface area contributed by atoms with Gasteiger partial charge in [0.1, 0.15) is 11.4 Å². The zero-order chi connectivity index (χ0) is 19.0. The largest absolute Gasteiger partial charge is 0.494 e. The lowest BCUT2D eigenvalue weighted by atomic mass is 9.93. The summed E-state index contributed by atoms with van der Waals surface area (Å²) in [5.74, 6) is 1.05. The second kappa shape index (κ2) is 9.12. The van der Waals surface area contributed by atoms with Crippen molar-refractivity contribution in [3.05, 3.63) is 45.9 Å². The lowest BCUT2D eigenvalue weighted by molar-refractivity contribution is 0.306. The molecule has 0 bridgehead atoms. The van der Waals surface area contributed by atoms with Crippen LogP contribution in [0, 0.1) is 0 Å². The third kappa shape index (κ3) is 5.98. The van der Waals surface area contributed by atoms with Crippen LogP contribution in [-0.4, -0.2) is 28.0 Å². The number of aromatic nitrogens is 3. The molecule has 0 saturated heterocycles. The Bertz CT molecular complexity index is 776. The van der Waals surface area contributed by atoms with Gasteiger partial charge in [-0.1, -0.05) is 40.5 Å². The second-order valence-corrected chi connectivity index (χ2v) is 7.10. The van der Waals surface area contributed by atoms with Gasteiger partial charge in [-0.2, -0.15) is 5.10 Å². The Kier molecular flexibility index (Phi) is 6.89. The number of hydrogen-bond acceptors (Lipinski definition) is 6. The van der Waals surface area contributed by atoms with Crippen molar-refractivity contribution in [3.63, 3.8) is 0 Å². The van der Waals surface area contributed by atoms with Crippen molar-refractivity contribution in [2.45, 2.75) is 52.4 Å². The quantitative estimate of drug-likeness (QED) is 0.429.